The third kappa shape index (κ3) is 3.49. The van der Waals surface area contributed by atoms with Gasteiger partial charge in [-0.25, -0.2) is 0 Å². The van der Waals surface area contributed by atoms with Crippen LogP contribution in [0.4, 0.5) is 0 Å². The average Bonchev–Trinajstić information content (AvgIpc) is 2.67. The van der Waals surface area contributed by atoms with Gasteiger partial charge < -0.3 is 10.1 Å². The van der Waals surface area contributed by atoms with Crippen LogP contribution in [0.25, 0.3) is 0 Å². The van der Waals surface area contributed by atoms with Crippen molar-refractivity contribution in [3.05, 3.63) is 29.8 Å². The van der Waals surface area contributed by atoms with Gasteiger partial charge in [-0.1, -0.05) is 45.9 Å². The van der Waals surface area contributed by atoms with Crippen molar-refractivity contribution in [2.24, 2.45) is 5.41 Å². The summed E-state index contributed by atoms with van der Waals surface area (Å²) in [6, 6.07) is 8.94. The zero-order valence-corrected chi connectivity index (χ0v) is 12.0. The van der Waals surface area contributed by atoms with E-state index in [1.807, 2.05) is 6.07 Å². The highest BCUT2D eigenvalue weighted by atomic mass is 16.5. The van der Waals surface area contributed by atoms with Crippen molar-refractivity contribution in [3.8, 4) is 5.75 Å². The highest BCUT2D eigenvalue weighted by Crippen LogP contribution is 2.33. The number of benzene rings is 1. The predicted molar refractivity (Wildman–Crippen MR) is 76.1 cm³/mol. The molecule has 0 aliphatic carbocycles. The van der Waals surface area contributed by atoms with Crippen molar-refractivity contribution >= 4 is 0 Å². The van der Waals surface area contributed by atoms with Gasteiger partial charge >= 0.3 is 0 Å². The SMILES string of the molecule is CC(C)NCC(C)(C)CC1Cc2ccccc2O1. The molecule has 0 aromatic heterocycles. The van der Waals surface area contributed by atoms with Crippen LogP contribution < -0.4 is 10.1 Å². The van der Waals surface area contributed by atoms with E-state index in [4.69, 9.17) is 4.74 Å². The van der Waals surface area contributed by atoms with Crippen LogP contribution in [0.1, 0.15) is 39.7 Å². The van der Waals surface area contributed by atoms with Crippen LogP contribution >= 0.6 is 0 Å². The van der Waals surface area contributed by atoms with Crippen LogP contribution in [0.3, 0.4) is 0 Å². The molecule has 0 spiro atoms. The Bertz CT molecular complexity index is 373. The third-order valence-electron chi connectivity index (χ3n) is 3.48. The quantitative estimate of drug-likeness (QED) is 0.861. The summed E-state index contributed by atoms with van der Waals surface area (Å²) in [5, 5.41) is 3.53. The van der Waals surface area contributed by atoms with Crippen LogP contribution in [0, 0.1) is 5.41 Å². The number of hydrogen-bond acceptors (Lipinski definition) is 2. The summed E-state index contributed by atoms with van der Waals surface area (Å²) in [5.74, 6) is 1.08. The molecule has 0 saturated heterocycles. The van der Waals surface area contributed by atoms with Gasteiger partial charge in [-0.05, 0) is 23.5 Å². The molecule has 1 atom stereocenters. The predicted octanol–water partition coefficient (Wildman–Crippen LogP) is 3.40. The molecule has 1 aliphatic rings. The minimum atomic E-state index is 0.275. The van der Waals surface area contributed by atoms with Gasteiger partial charge in [0.25, 0.3) is 0 Å². The van der Waals surface area contributed by atoms with E-state index in [-0.39, 0.29) is 5.41 Å². The highest BCUT2D eigenvalue weighted by Gasteiger charge is 2.29. The molecule has 1 heterocycles. The second-order valence-electron chi connectivity index (χ2n) is 6.46. The second-order valence-corrected chi connectivity index (χ2v) is 6.46. The smallest absolute Gasteiger partial charge is 0.123 e. The molecule has 0 fully saturated rings. The van der Waals surface area contributed by atoms with Crippen LogP contribution in [-0.2, 0) is 6.42 Å². The molecule has 0 radical (unpaired) electrons. The fourth-order valence-electron chi connectivity index (χ4n) is 2.54. The molecule has 1 aliphatic heterocycles. The molecule has 100 valence electrons. The number of hydrogen-bond donors (Lipinski definition) is 1. The van der Waals surface area contributed by atoms with Crippen molar-refractivity contribution in [1.29, 1.82) is 0 Å². The standard InChI is InChI=1S/C16H25NO/c1-12(2)17-11-16(3,4)10-14-9-13-7-5-6-8-15(13)18-14/h5-8,12,14,17H,9-11H2,1-4H3. The molecule has 0 amide bonds. The number of nitrogens with one attached hydrogen (secondary N) is 1. The minimum absolute atomic E-state index is 0.275. The first-order valence-electron chi connectivity index (χ1n) is 6.94. The van der Waals surface area contributed by atoms with E-state index in [1.54, 1.807) is 0 Å². The first-order valence-corrected chi connectivity index (χ1v) is 6.94. The molecule has 0 saturated carbocycles. The van der Waals surface area contributed by atoms with Gasteiger partial charge in [0.1, 0.15) is 11.9 Å². The Morgan fingerprint density at radius 1 is 1.33 bits per heavy atom. The van der Waals surface area contributed by atoms with E-state index in [1.165, 1.54) is 5.56 Å². The zero-order valence-electron chi connectivity index (χ0n) is 12.0. The Balaban J connectivity index is 1.88. The summed E-state index contributed by atoms with van der Waals surface area (Å²) in [6.07, 6.45) is 2.49. The van der Waals surface area contributed by atoms with Crippen molar-refractivity contribution in [1.82, 2.24) is 5.32 Å². The van der Waals surface area contributed by atoms with Gasteiger partial charge in [0, 0.05) is 19.0 Å². The summed E-state index contributed by atoms with van der Waals surface area (Å²) in [6.45, 7) is 10.1. The summed E-state index contributed by atoms with van der Waals surface area (Å²) >= 11 is 0. The first kappa shape index (κ1) is 13.4. The lowest BCUT2D eigenvalue weighted by molar-refractivity contribution is 0.153. The van der Waals surface area contributed by atoms with Crippen molar-refractivity contribution < 1.29 is 4.74 Å². The van der Waals surface area contributed by atoms with Gasteiger partial charge in [0.15, 0.2) is 0 Å². The van der Waals surface area contributed by atoms with Gasteiger partial charge in [-0.3, -0.25) is 0 Å². The molecule has 1 aromatic rings. The Hall–Kier alpha value is -1.02. The first-order chi connectivity index (χ1) is 8.46. The Morgan fingerprint density at radius 2 is 2.06 bits per heavy atom. The summed E-state index contributed by atoms with van der Waals surface area (Å²) < 4.78 is 6.02. The van der Waals surface area contributed by atoms with Crippen molar-refractivity contribution in [3.63, 3.8) is 0 Å². The minimum Gasteiger partial charge on any atom is -0.490 e. The number of rotatable bonds is 5. The molecule has 2 heteroatoms. The molecule has 2 nitrogen and oxygen atoms in total. The summed E-state index contributed by atoms with van der Waals surface area (Å²) in [5.41, 5.74) is 1.63. The molecular formula is C16H25NO. The molecule has 2 rings (SSSR count). The van der Waals surface area contributed by atoms with Crippen LogP contribution in [0.5, 0.6) is 5.75 Å². The van der Waals surface area contributed by atoms with E-state index in [2.05, 4.69) is 51.2 Å². The fraction of sp³-hybridized carbons (Fsp3) is 0.625. The summed E-state index contributed by atoms with van der Waals surface area (Å²) in [7, 11) is 0. The van der Waals surface area contributed by atoms with Gasteiger partial charge in [-0.15, -0.1) is 0 Å². The third-order valence-corrected chi connectivity index (χ3v) is 3.48. The Labute approximate surface area is 111 Å². The lowest BCUT2D eigenvalue weighted by Gasteiger charge is -2.29. The largest absolute Gasteiger partial charge is 0.490 e. The second kappa shape index (κ2) is 5.31. The molecule has 0 bridgehead atoms. The van der Waals surface area contributed by atoms with Crippen molar-refractivity contribution in [2.75, 3.05) is 6.54 Å². The van der Waals surface area contributed by atoms with E-state index in [0.29, 0.717) is 12.1 Å². The molecule has 1 N–H and O–H groups in total. The molecule has 1 aromatic carbocycles. The molecular weight excluding hydrogens is 222 g/mol. The van der Waals surface area contributed by atoms with E-state index < -0.39 is 0 Å². The maximum Gasteiger partial charge on any atom is 0.123 e. The number of fused-ring (bicyclic) bond motifs is 1. The number of ether oxygens (including phenoxy) is 1. The lowest BCUT2D eigenvalue weighted by Crippen LogP contribution is -2.36. The van der Waals surface area contributed by atoms with Crippen LogP contribution in [-0.4, -0.2) is 18.7 Å². The van der Waals surface area contributed by atoms with Gasteiger partial charge in [0.2, 0.25) is 0 Å². The average molecular weight is 247 g/mol. The highest BCUT2D eigenvalue weighted by molar-refractivity contribution is 5.37. The van der Waals surface area contributed by atoms with E-state index in [0.717, 1.165) is 25.1 Å². The Kier molecular flexibility index (Phi) is 3.96. The van der Waals surface area contributed by atoms with Crippen LogP contribution in [0.2, 0.25) is 0 Å². The van der Waals surface area contributed by atoms with Crippen LogP contribution in [0.15, 0.2) is 24.3 Å². The Morgan fingerprint density at radius 3 is 2.72 bits per heavy atom. The lowest BCUT2D eigenvalue weighted by atomic mass is 9.85. The molecule has 18 heavy (non-hydrogen) atoms. The normalized spacial score (nSPS) is 18.8. The van der Waals surface area contributed by atoms with E-state index >= 15 is 0 Å². The van der Waals surface area contributed by atoms with Gasteiger partial charge in [0.05, 0.1) is 0 Å². The monoisotopic (exact) mass is 247 g/mol. The maximum atomic E-state index is 6.02. The van der Waals surface area contributed by atoms with E-state index in [9.17, 15) is 0 Å². The fourth-order valence-corrected chi connectivity index (χ4v) is 2.54. The topological polar surface area (TPSA) is 21.3 Å². The van der Waals surface area contributed by atoms with Crippen molar-refractivity contribution in [2.45, 2.75) is 52.7 Å². The summed E-state index contributed by atoms with van der Waals surface area (Å²) in [4.78, 5) is 0. The molecule has 1 unspecified atom stereocenters. The maximum absolute atomic E-state index is 6.02. The number of para-hydroxylation sites is 1. The van der Waals surface area contributed by atoms with Gasteiger partial charge in [-0.2, -0.15) is 0 Å². The zero-order chi connectivity index (χ0) is 13.2.